The van der Waals surface area contributed by atoms with Crippen LogP contribution >= 0.6 is 0 Å². The lowest BCUT2D eigenvalue weighted by molar-refractivity contribution is -0.154. The molecule has 0 aromatic carbocycles. The molecule has 1 spiro atoms. The number of likely N-dealkylation sites (tertiary alicyclic amines) is 1. The first-order valence-electron chi connectivity index (χ1n) is 8.16. The van der Waals surface area contributed by atoms with Gasteiger partial charge in [0, 0.05) is 6.54 Å². The van der Waals surface area contributed by atoms with Crippen LogP contribution in [0.5, 0.6) is 0 Å². The van der Waals surface area contributed by atoms with Crippen LogP contribution < -0.4 is 0 Å². The highest BCUT2D eigenvalue weighted by Gasteiger charge is 2.67. The molecule has 0 aromatic heterocycles. The van der Waals surface area contributed by atoms with Crippen molar-refractivity contribution in [3.05, 3.63) is 12.2 Å². The third kappa shape index (κ3) is 2.35. The molecule has 3 aliphatic rings. The second kappa shape index (κ2) is 5.37. The molecule has 0 aromatic rings. The van der Waals surface area contributed by atoms with Crippen molar-refractivity contribution >= 4 is 11.9 Å². The summed E-state index contributed by atoms with van der Waals surface area (Å²) in [7, 11) is 0. The van der Waals surface area contributed by atoms with E-state index in [0.29, 0.717) is 25.6 Å². The highest BCUT2D eigenvalue weighted by molar-refractivity contribution is 5.91. The standard InChI is InChI=1S/C17H25NO4/c1-10(2)7-18-9-17-6-5-12(22-17)13(14(17)15(18)19)16(20)21-8-11(3)4/h5-6,10-14H,7-9H2,1-4H3/t12-,13+,14-,17+/m0/s1. The number of carbonyl (C=O) groups excluding carboxylic acids is 2. The summed E-state index contributed by atoms with van der Waals surface area (Å²) in [6, 6.07) is 0. The van der Waals surface area contributed by atoms with E-state index in [-0.39, 0.29) is 23.9 Å². The molecule has 2 saturated heterocycles. The van der Waals surface area contributed by atoms with Crippen molar-refractivity contribution in [3.63, 3.8) is 0 Å². The Kier molecular flexibility index (Phi) is 3.79. The Morgan fingerprint density at radius 1 is 1.41 bits per heavy atom. The van der Waals surface area contributed by atoms with Gasteiger partial charge >= 0.3 is 5.97 Å². The summed E-state index contributed by atoms with van der Waals surface area (Å²) in [4.78, 5) is 27.0. The molecule has 5 nitrogen and oxygen atoms in total. The van der Waals surface area contributed by atoms with Gasteiger partial charge in [-0.2, -0.15) is 0 Å². The quantitative estimate of drug-likeness (QED) is 0.572. The van der Waals surface area contributed by atoms with E-state index in [1.54, 1.807) is 0 Å². The molecule has 0 saturated carbocycles. The lowest BCUT2D eigenvalue weighted by atomic mass is 9.77. The zero-order chi connectivity index (χ0) is 16.1. The number of amides is 1. The van der Waals surface area contributed by atoms with Gasteiger partial charge in [0.1, 0.15) is 11.5 Å². The van der Waals surface area contributed by atoms with Gasteiger partial charge in [0.05, 0.1) is 25.2 Å². The van der Waals surface area contributed by atoms with Gasteiger partial charge in [0.25, 0.3) is 0 Å². The third-order valence-electron chi connectivity index (χ3n) is 4.60. The number of carbonyl (C=O) groups is 2. The number of esters is 1. The number of hydrogen-bond donors (Lipinski definition) is 0. The predicted molar refractivity (Wildman–Crippen MR) is 80.9 cm³/mol. The normalized spacial score (nSPS) is 35.8. The molecule has 0 unspecified atom stereocenters. The second-order valence-electron chi connectivity index (χ2n) is 7.54. The van der Waals surface area contributed by atoms with E-state index in [4.69, 9.17) is 9.47 Å². The molecule has 4 atom stereocenters. The van der Waals surface area contributed by atoms with Crippen LogP contribution in [0, 0.1) is 23.7 Å². The van der Waals surface area contributed by atoms with Crippen molar-refractivity contribution in [2.45, 2.75) is 39.4 Å². The van der Waals surface area contributed by atoms with E-state index in [9.17, 15) is 9.59 Å². The molecular formula is C17H25NO4. The summed E-state index contributed by atoms with van der Waals surface area (Å²) in [6.45, 7) is 9.80. The third-order valence-corrected chi connectivity index (χ3v) is 4.60. The highest BCUT2D eigenvalue weighted by Crippen LogP contribution is 2.52. The Morgan fingerprint density at radius 3 is 2.77 bits per heavy atom. The maximum Gasteiger partial charge on any atom is 0.312 e. The zero-order valence-electron chi connectivity index (χ0n) is 13.7. The maximum atomic E-state index is 12.8. The summed E-state index contributed by atoms with van der Waals surface area (Å²) in [6.07, 6.45) is 3.59. The van der Waals surface area contributed by atoms with Crippen molar-refractivity contribution in [2.24, 2.45) is 23.7 Å². The van der Waals surface area contributed by atoms with E-state index < -0.39 is 17.4 Å². The molecule has 5 heteroatoms. The zero-order valence-corrected chi connectivity index (χ0v) is 13.7. The molecule has 2 bridgehead atoms. The van der Waals surface area contributed by atoms with Crippen LogP contribution in [-0.4, -0.2) is 48.2 Å². The lowest BCUT2D eigenvalue weighted by Gasteiger charge is -2.23. The van der Waals surface area contributed by atoms with Crippen molar-refractivity contribution in [2.75, 3.05) is 19.7 Å². The minimum atomic E-state index is -0.613. The molecule has 1 amide bonds. The van der Waals surface area contributed by atoms with E-state index >= 15 is 0 Å². The minimum Gasteiger partial charge on any atom is -0.465 e. The highest BCUT2D eigenvalue weighted by atomic mass is 16.6. The van der Waals surface area contributed by atoms with Gasteiger partial charge in [-0.25, -0.2) is 0 Å². The number of rotatable bonds is 5. The number of fused-ring (bicyclic) bond motifs is 1. The molecule has 122 valence electrons. The molecule has 0 N–H and O–H groups in total. The lowest BCUT2D eigenvalue weighted by Crippen LogP contribution is -2.40. The molecule has 3 rings (SSSR count). The van der Waals surface area contributed by atoms with Gasteiger partial charge in [0.15, 0.2) is 0 Å². The van der Waals surface area contributed by atoms with Crippen LogP contribution in [0.3, 0.4) is 0 Å². The van der Waals surface area contributed by atoms with Gasteiger partial charge in [-0.3, -0.25) is 9.59 Å². The van der Waals surface area contributed by atoms with Crippen molar-refractivity contribution in [1.82, 2.24) is 4.90 Å². The molecule has 0 aliphatic carbocycles. The number of nitrogens with zero attached hydrogens (tertiary/aromatic N) is 1. The summed E-state index contributed by atoms with van der Waals surface area (Å²) in [5.74, 6) is -0.493. The van der Waals surface area contributed by atoms with Crippen LogP contribution in [-0.2, 0) is 19.1 Å². The first-order valence-corrected chi connectivity index (χ1v) is 8.16. The van der Waals surface area contributed by atoms with Crippen molar-refractivity contribution in [1.29, 1.82) is 0 Å². The van der Waals surface area contributed by atoms with Crippen LogP contribution in [0.4, 0.5) is 0 Å². The fourth-order valence-electron chi connectivity index (χ4n) is 3.79. The fraction of sp³-hybridized carbons (Fsp3) is 0.765. The van der Waals surface area contributed by atoms with Gasteiger partial charge < -0.3 is 14.4 Å². The number of ether oxygens (including phenoxy) is 2. The second-order valence-corrected chi connectivity index (χ2v) is 7.54. The maximum absolute atomic E-state index is 12.8. The summed E-state index contributed by atoms with van der Waals surface area (Å²) < 4.78 is 11.4. The molecule has 3 heterocycles. The Balaban J connectivity index is 1.79. The summed E-state index contributed by atoms with van der Waals surface area (Å²) in [5.41, 5.74) is -0.613. The van der Waals surface area contributed by atoms with Gasteiger partial charge in [-0.1, -0.05) is 39.8 Å². The minimum absolute atomic E-state index is 0.0343. The first-order chi connectivity index (χ1) is 10.3. The average molecular weight is 307 g/mol. The molecule has 2 fully saturated rings. The largest absolute Gasteiger partial charge is 0.465 e. The first kappa shape index (κ1) is 15.5. The monoisotopic (exact) mass is 307 g/mol. The Labute approximate surface area is 131 Å². The fourth-order valence-corrected chi connectivity index (χ4v) is 3.79. The van der Waals surface area contributed by atoms with Crippen LogP contribution in [0.25, 0.3) is 0 Å². The Bertz CT molecular complexity index is 513. The topological polar surface area (TPSA) is 55.8 Å². The van der Waals surface area contributed by atoms with Crippen molar-refractivity contribution < 1.29 is 19.1 Å². The summed E-state index contributed by atoms with van der Waals surface area (Å²) in [5, 5.41) is 0. The average Bonchev–Trinajstić information content (AvgIpc) is 3.04. The Hall–Kier alpha value is -1.36. The Morgan fingerprint density at radius 2 is 2.14 bits per heavy atom. The molecular weight excluding hydrogens is 282 g/mol. The SMILES string of the molecule is CC(C)COC(=O)[C@@H]1[C@@H]2C=C[C@]3(CN(CC(C)C)C(=O)[C@H]13)O2. The molecule has 3 aliphatic heterocycles. The molecule has 0 radical (unpaired) electrons. The van der Waals surface area contributed by atoms with E-state index in [1.807, 2.05) is 30.9 Å². The van der Waals surface area contributed by atoms with Crippen molar-refractivity contribution in [3.8, 4) is 0 Å². The predicted octanol–water partition coefficient (Wildman–Crippen LogP) is 1.62. The van der Waals surface area contributed by atoms with E-state index in [2.05, 4.69) is 13.8 Å². The van der Waals surface area contributed by atoms with Gasteiger partial charge in [-0.15, -0.1) is 0 Å². The van der Waals surface area contributed by atoms with E-state index in [0.717, 1.165) is 0 Å². The molecule has 22 heavy (non-hydrogen) atoms. The van der Waals surface area contributed by atoms with Gasteiger partial charge in [0.2, 0.25) is 5.91 Å². The summed E-state index contributed by atoms with van der Waals surface area (Å²) >= 11 is 0. The van der Waals surface area contributed by atoms with Crippen LogP contribution in [0.15, 0.2) is 12.2 Å². The number of hydrogen-bond acceptors (Lipinski definition) is 4. The van der Waals surface area contributed by atoms with Gasteiger partial charge in [-0.05, 0) is 11.8 Å². The van der Waals surface area contributed by atoms with E-state index in [1.165, 1.54) is 0 Å². The van der Waals surface area contributed by atoms with Crippen LogP contribution in [0.2, 0.25) is 0 Å². The van der Waals surface area contributed by atoms with Crippen LogP contribution in [0.1, 0.15) is 27.7 Å². The smallest absolute Gasteiger partial charge is 0.312 e.